The molecule has 1 aliphatic rings. The van der Waals surface area contributed by atoms with E-state index in [0.29, 0.717) is 19.2 Å². The number of carbonyl (C=O) groups is 1. The Labute approximate surface area is 134 Å². The first kappa shape index (κ1) is 18.7. The maximum absolute atomic E-state index is 11.7. The van der Waals surface area contributed by atoms with Gasteiger partial charge in [0, 0.05) is 40.3 Å². The molecular weight excluding hydrogens is 282 g/mol. The van der Waals surface area contributed by atoms with Gasteiger partial charge in [0.15, 0.2) is 5.96 Å². The maximum atomic E-state index is 11.7. The Hall–Kier alpha value is -1.34. The largest absolute Gasteiger partial charge is 0.383 e. The minimum Gasteiger partial charge on any atom is -0.383 e. The summed E-state index contributed by atoms with van der Waals surface area (Å²) in [5.41, 5.74) is 0. The van der Waals surface area contributed by atoms with E-state index in [4.69, 9.17) is 4.74 Å². The molecular formula is C15H31N5O2. The highest BCUT2D eigenvalue weighted by atomic mass is 16.5. The molecule has 0 aromatic carbocycles. The number of nitrogens with zero attached hydrogens (tertiary/aromatic N) is 3. The highest BCUT2D eigenvalue weighted by Crippen LogP contribution is 2.17. The minimum absolute atomic E-state index is 0.0531. The van der Waals surface area contributed by atoms with Crippen LogP contribution in [0, 0.1) is 0 Å². The second-order valence-electron chi connectivity index (χ2n) is 5.55. The van der Waals surface area contributed by atoms with Gasteiger partial charge in [-0.2, -0.15) is 0 Å². The first-order chi connectivity index (χ1) is 10.6. The van der Waals surface area contributed by atoms with E-state index in [1.54, 1.807) is 14.2 Å². The first-order valence-corrected chi connectivity index (χ1v) is 8.03. The van der Waals surface area contributed by atoms with Crippen LogP contribution >= 0.6 is 0 Å². The number of likely N-dealkylation sites (N-methyl/N-ethyl adjacent to an activating group) is 2. The summed E-state index contributed by atoms with van der Waals surface area (Å²) in [6.07, 6.45) is 2.49. The Balaban J connectivity index is 2.35. The molecule has 1 fully saturated rings. The third-order valence-electron chi connectivity index (χ3n) is 4.00. The molecule has 22 heavy (non-hydrogen) atoms. The van der Waals surface area contributed by atoms with Crippen LogP contribution in [-0.2, 0) is 9.53 Å². The zero-order valence-electron chi connectivity index (χ0n) is 14.4. The molecule has 128 valence electrons. The number of nitrogens with one attached hydrogen (secondary N) is 2. The van der Waals surface area contributed by atoms with Crippen LogP contribution < -0.4 is 10.6 Å². The minimum atomic E-state index is -0.0531. The Morgan fingerprint density at radius 1 is 1.45 bits per heavy atom. The van der Waals surface area contributed by atoms with E-state index in [2.05, 4.69) is 32.3 Å². The van der Waals surface area contributed by atoms with Crippen LogP contribution in [-0.4, -0.2) is 88.2 Å². The molecule has 1 aliphatic heterocycles. The first-order valence-electron chi connectivity index (χ1n) is 8.03. The second kappa shape index (κ2) is 10.4. The van der Waals surface area contributed by atoms with Gasteiger partial charge < -0.3 is 20.3 Å². The zero-order chi connectivity index (χ0) is 16.4. The molecule has 0 aromatic rings. The molecule has 1 amide bonds. The summed E-state index contributed by atoms with van der Waals surface area (Å²) in [5.74, 6) is 0.701. The lowest BCUT2D eigenvalue weighted by atomic mass is 10.2. The number of ether oxygens (including phenoxy) is 1. The van der Waals surface area contributed by atoms with Gasteiger partial charge in [-0.05, 0) is 25.9 Å². The Morgan fingerprint density at radius 2 is 2.23 bits per heavy atom. The zero-order valence-corrected chi connectivity index (χ0v) is 14.4. The van der Waals surface area contributed by atoms with Crippen molar-refractivity contribution >= 4 is 11.9 Å². The fourth-order valence-corrected chi connectivity index (χ4v) is 2.82. The standard InChI is InChI=1S/C15H31N5O2/c1-5-20-9-6-7-13(20)12-19(3)15(16-2)18-11-14(21)17-8-10-22-4/h13H,5-12H2,1-4H3,(H,16,18)(H,17,21). The average Bonchev–Trinajstić information content (AvgIpc) is 2.95. The lowest BCUT2D eigenvalue weighted by Gasteiger charge is -2.29. The summed E-state index contributed by atoms with van der Waals surface area (Å²) in [4.78, 5) is 20.5. The van der Waals surface area contributed by atoms with Gasteiger partial charge >= 0.3 is 0 Å². The molecule has 0 aliphatic carbocycles. The average molecular weight is 313 g/mol. The predicted octanol–water partition coefficient (Wildman–Crippen LogP) is -0.259. The summed E-state index contributed by atoms with van der Waals surface area (Å²) < 4.78 is 4.90. The van der Waals surface area contributed by atoms with Crippen molar-refractivity contribution in [3.05, 3.63) is 0 Å². The van der Waals surface area contributed by atoms with E-state index < -0.39 is 0 Å². The monoisotopic (exact) mass is 313 g/mol. The molecule has 1 saturated heterocycles. The SMILES string of the molecule is CCN1CCCC1CN(C)C(=NC)NCC(=O)NCCOC. The lowest BCUT2D eigenvalue weighted by molar-refractivity contribution is -0.120. The summed E-state index contributed by atoms with van der Waals surface area (Å²) in [6.45, 7) is 6.68. The van der Waals surface area contributed by atoms with E-state index >= 15 is 0 Å². The second-order valence-corrected chi connectivity index (χ2v) is 5.55. The number of carbonyl (C=O) groups excluding carboxylic acids is 1. The molecule has 1 rings (SSSR count). The third-order valence-corrected chi connectivity index (χ3v) is 4.00. The van der Waals surface area contributed by atoms with Gasteiger partial charge in [-0.3, -0.25) is 14.7 Å². The van der Waals surface area contributed by atoms with Crippen LogP contribution in [0.4, 0.5) is 0 Å². The number of hydrogen-bond donors (Lipinski definition) is 2. The van der Waals surface area contributed by atoms with Crippen LogP contribution in [0.25, 0.3) is 0 Å². The van der Waals surface area contributed by atoms with Gasteiger partial charge in [-0.25, -0.2) is 0 Å². The molecule has 0 bridgehead atoms. The van der Waals surface area contributed by atoms with Crippen molar-refractivity contribution in [2.45, 2.75) is 25.8 Å². The molecule has 0 aromatic heterocycles. The van der Waals surface area contributed by atoms with E-state index in [1.165, 1.54) is 19.4 Å². The number of likely N-dealkylation sites (tertiary alicyclic amines) is 1. The molecule has 7 heteroatoms. The maximum Gasteiger partial charge on any atom is 0.239 e. The molecule has 1 unspecified atom stereocenters. The molecule has 7 nitrogen and oxygen atoms in total. The molecule has 2 N–H and O–H groups in total. The highest BCUT2D eigenvalue weighted by molar-refractivity contribution is 5.86. The number of rotatable bonds is 8. The number of aliphatic imine (C=N–C) groups is 1. The van der Waals surface area contributed by atoms with Gasteiger partial charge in [0.1, 0.15) is 0 Å². The van der Waals surface area contributed by atoms with E-state index in [0.717, 1.165) is 19.0 Å². The van der Waals surface area contributed by atoms with Crippen molar-refractivity contribution in [2.75, 3.05) is 60.5 Å². The van der Waals surface area contributed by atoms with Gasteiger partial charge in [-0.15, -0.1) is 0 Å². The fourth-order valence-electron chi connectivity index (χ4n) is 2.82. The topological polar surface area (TPSA) is 69.2 Å². The summed E-state index contributed by atoms with van der Waals surface area (Å²) in [7, 11) is 5.38. The molecule has 1 atom stereocenters. The molecule has 0 saturated carbocycles. The Morgan fingerprint density at radius 3 is 2.86 bits per heavy atom. The number of hydrogen-bond acceptors (Lipinski definition) is 4. The van der Waals surface area contributed by atoms with Gasteiger partial charge in [0.05, 0.1) is 13.2 Å². The summed E-state index contributed by atoms with van der Waals surface area (Å²) in [6, 6.07) is 0.573. The van der Waals surface area contributed by atoms with Crippen molar-refractivity contribution in [3.8, 4) is 0 Å². The van der Waals surface area contributed by atoms with Crippen LogP contribution in [0.3, 0.4) is 0 Å². The summed E-state index contributed by atoms with van der Waals surface area (Å²) >= 11 is 0. The quantitative estimate of drug-likeness (QED) is 0.367. The van der Waals surface area contributed by atoms with Crippen LogP contribution in [0.2, 0.25) is 0 Å². The van der Waals surface area contributed by atoms with Crippen molar-refractivity contribution in [1.82, 2.24) is 20.4 Å². The van der Waals surface area contributed by atoms with Crippen LogP contribution in [0.15, 0.2) is 4.99 Å². The van der Waals surface area contributed by atoms with Crippen molar-refractivity contribution in [2.24, 2.45) is 4.99 Å². The number of guanidine groups is 1. The van der Waals surface area contributed by atoms with Gasteiger partial charge in [0.2, 0.25) is 5.91 Å². The molecule has 0 spiro atoms. The predicted molar refractivity (Wildman–Crippen MR) is 89.1 cm³/mol. The summed E-state index contributed by atoms with van der Waals surface area (Å²) in [5, 5.41) is 5.89. The Kier molecular flexibility index (Phi) is 8.84. The van der Waals surface area contributed by atoms with Crippen molar-refractivity contribution < 1.29 is 9.53 Å². The van der Waals surface area contributed by atoms with Gasteiger partial charge in [0.25, 0.3) is 0 Å². The van der Waals surface area contributed by atoms with Crippen LogP contribution in [0.5, 0.6) is 0 Å². The lowest BCUT2D eigenvalue weighted by Crippen LogP contribution is -2.48. The third kappa shape index (κ3) is 6.19. The molecule has 0 radical (unpaired) electrons. The fraction of sp³-hybridized carbons (Fsp3) is 0.867. The normalized spacial score (nSPS) is 19.3. The van der Waals surface area contributed by atoms with E-state index in [9.17, 15) is 4.79 Å². The Bertz CT molecular complexity index is 362. The van der Waals surface area contributed by atoms with Crippen LogP contribution in [0.1, 0.15) is 19.8 Å². The van der Waals surface area contributed by atoms with Gasteiger partial charge in [-0.1, -0.05) is 6.92 Å². The molecule has 1 heterocycles. The smallest absolute Gasteiger partial charge is 0.239 e. The van der Waals surface area contributed by atoms with E-state index in [-0.39, 0.29) is 12.5 Å². The van der Waals surface area contributed by atoms with Crippen molar-refractivity contribution in [1.29, 1.82) is 0 Å². The van der Waals surface area contributed by atoms with E-state index in [1.807, 2.05) is 7.05 Å². The van der Waals surface area contributed by atoms with Crippen molar-refractivity contribution in [3.63, 3.8) is 0 Å². The highest BCUT2D eigenvalue weighted by Gasteiger charge is 2.24. The number of amides is 1. The number of methoxy groups -OCH3 is 1.